The molecule has 1 aromatic rings. The Bertz CT molecular complexity index is 427. The number of carboxylic acid groups (broad SMARTS) is 1. The highest BCUT2D eigenvalue weighted by Crippen LogP contribution is 2.44. The van der Waals surface area contributed by atoms with Gasteiger partial charge in [0.25, 0.3) is 0 Å². The first kappa shape index (κ1) is 11.0. The summed E-state index contributed by atoms with van der Waals surface area (Å²) in [5.74, 6) is -0.440. The van der Waals surface area contributed by atoms with Gasteiger partial charge < -0.3 is 14.9 Å². The molecule has 86 valence electrons. The topological polar surface area (TPSA) is 66.8 Å². The maximum atomic E-state index is 11.4. The Morgan fingerprint density at radius 1 is 1.56 bits per heavy atom. The van der Waals surface area contributed by atoms with E-state index >= 15 is 0 Å². The van der Waals surface area contributed by atoms with Crippen LogP contribution in [0, 0.1) is 0 Å². The van der Waals surface area contributed by atoms with E-state index in [0.717, 1.165) is 5.56 Å². The molecule has 0 heterocycles. The molecule has 2 rings (SSSR count). The van der Waals surface area contributed by atoms with Crippen molar-refractivity contribution >= 4 is 5.97 Å². The third-order valence-electron chi connectivity index (χ3n) is 3.31. The highest BCUT2D eigenvalue weighted by atomic mass is 16.5. The average molecular weight is 222 g/mol. The molecule has 2 N–H and O–H groups in total. The van der Waals surface area contributed by atoms with Crippen LogP contribution in [0.3, 0.4) is 0 Å². The monoisotopic (exact) mass is 222 g/mol. The predicted octanol–water partition coefficient (Wildman–Crippen LogP) is 0.956. The molecule has 0 fully saturated rings. The summed E-state index contributed by atoms with van der Waals surface area (Å²) in [4.78, 5) is 11.4. The number of aliphatic carboxylic acids is 1. The molecule has 0 spiro atoms. The summed E-state index contributed by atoms with van der Waals surface area (Å²) in [5, 5.41) is 18.7. The van der Waals surface area contributed by atoms with Crippen LogP contribution < -0.4 is 4.74 Å². The lowest BCUT2D eigenvalue weighted by Gasteiger charge is -2.24. The van der Waals surface area contributed by atoms with Crippen LogP contribution in [0.15, 0.2) is 18.2 Å². The van der Waals surface area contributed by atoms with Gasteiger partial charge in [-0.05, 0) is 24.5 Å². The van der Waals surface area contributed by atoms with E-state index in [1.807, 2.05) is 12.1 Å². The highest BCUT2D eigenvalue weighted by Gasteiger charge is 2.47. The molecule has 1 aliphatic carbocycles. The van der Waals surface area contributed by atoms with Crippen LogP contribution in [0.5, 0.6) is 5.75 Å². The molecular weight excluding hydrogens is 208 g/mol. The summed E-state index contributed by atoms with van der Waals surface area (Å²) < 4.78 is 5.19. The van der Waals surface area contributed by atoms with E-state index in [1.165, 1.54) is 7.11 Å². The summed E-state index contributed by atoms with van der Waals surface area (Å²) in [6.45, 7) is -0.393. The van der Waals surface area contributed by atoms with Gasteiger partial charge >= 0.3 is 5.97 Å². The lowest BCUT2D eigenvalue weighted by atomic mass is 9.82. The number of fused-ring (bicyclic) bond motifs is 1. The smallest absolute Gasteiger partial charge is 0.316 e. The minimum atomic E-state index is -1.19. The maximum Gasteiger partial charge on any atom is 0.316 e. The Balaban J connectivity index is 2.64. The molecule has 0 amide bonds. The molecular formula is C12H14O4. The molecule has 0 unspecified atom stereocenters. The van der Waals surface area contributed by atoms with Gasteiger partial charge in [-0.15, -0.1) is 0 Å². The van der Waals surface area contributed by atoms with Crippen LogP contribution in [0.4, 0.5) is 0 Å². The number of aliphatic hydroxyl groups excluding tert-OH is 1. The minimum Gasteiger partial charge on any atom is -0.496 e. The number of aryl methyl sites for hydroxylation is 1. The van der Waals surface area contributed by atoms with Gasteiger partial charge in [-0.25, -0.2) is 0 Å². The summed E-state index contributed by atoms with van der Waals surface area (Å²) in [6, 6.07) is 5.46. The lowest BCUT2D eigenvalue weighted by molar-refractivity contribution is -0.145. The van der Waals surface area contributed by atoms with Crippen LogP contribution in [-0.4, -0.2) is 29.9 Å². The fourth-order valence-electron chi connectivity index (χ4n) is 2.41. The average Bonchev–Trinajstić information content (AvgIpc) is 2.68. The normalized spacial score (nSPS) is 22.9. The number of ether oxygens (including phenoxy) is 1. The van der Waals surface area contributed by atoms with Crippen LogP contribution in [-0.2, 0) is 16.6 Å². The van der Waals surface area contributed by atoms with Crippen LogP contribution >= 0.6 is 0 Å². The molecule has 0 bridgehead atoms. The molecule has 1 atom stereocenters. The van der Waals surface area contributed by atoms with Crippen molar-refractivity contribution in [1.29, 1.82) is 0 Å². The Labute approximate surface area is 93.5 Å². The summed E-state index contributed by atoms with van der Waals surface area (Å²) in [7, 11) is 1.51. The summed E-state index contributed by atoms with van der Waals surface area (Å²) >= 11 is 0. The second-order valence-electron chi connectivity index (χ2n) is 4.04. The van der Waals surface area contributed by atoms with Crippen molar-refractivity contribution in [2.75, 3.05) is 13.7 Å². The van der Waals surface area contributed by atoms with Gasteiger partial charge in [0.1, 0.15) is 11.2 Å². The van der Waals surface area contributed by atoms with Crippen LogP contribution in [0.25, 0.3) is 0 Å². The Kier molecular flexibility index (Phi) is 2.59. The quantitative estimate of drug-likeness (QED) is 0.799. The van der Waals surface area contributed by atoms with Crippen molar-refractivity contribution in [2.24, 2.45) is 0 Å². The van der Waals surface area contributed by atoms with Crippen molar-refractivity contribution in [3.63, 3.8) is 0 Å². The van der Waals surface area contributed by atoms with Gasteiger partial charge in [-0.1, -0.05) is 12.1 Å². The Morgan fingerprint density at radius 3 is 2.88 bits per heavy atom. The van der Waals surface area contributed by atoms with Crippen molar-refractivity contribution in [3.05, 3.63) is 29.3 Å². The fourth-order valence-corrected chi connectivity index (χ4v) is 2.41. The van der Waals surface area contributed by atoms with E-state index in [0.29, 0.717) is 24.2 Å². The van der Waals surface area contributed by atoms with Gasteiger partial charge in [0.15, 0.2) is 0 Å². The third kappa shape index (κ3) is 1.30. The Morgan fingerprint density at radius 2 is 2.31 bits per heavy atom. The zero-order chi connectivity index (χ0) is 11.8. The zero-order valence-electron chi connectivity index (χ0n) is 9.06. The second-order valence-corrected chi connectivity index (χ2v) is 4.04. The summed E-state index contributed by atoms with van der Waals surface area (Å²) in [5.41, 5.74) is 0.394. The number of methoxy groups -OCH3 is 1. The largest absolute Gasteiger partial charge is 0.496 e. The van der Waals surface area contributed by atoms with Crippen molar-refractivity contribution in [2.45, 2.75) is 18.3 Å². The molecule has 4 heteroatoms. The molecule has 1 aromatic carbocycles. The van der Waals surface area contributed by atoms with Crippen molar-refractivity contribution in [1.82, 2.24) is 0 Å². The van der Waals surface area contributed by atoms with E-state index in [4.69, 9.17) is 4.74 Å². The molecule has 16 heavy (non-hydrogen) atoms. The van der Waals surface area contributed by atoms with E-state index in [-0.39, 0.29) is 0 Å². The van der Waals surface area contributed by atoms with Crippen molar-refractivity contribution in [3.8, 4) is 5.75 Å². The second kappa shape index (κ2) is 3.79. The molecule has 4 nitrogen and oxygen atoms in total. The number of hydrogen-bond acceptors (Lipinski definition) is 3. The standard InChI is InChI=1S/C12H14O4/c1-16-9-4-2-3-8-5-6-12(7-13,10(8)9)11(14)15/h2-4,13H,5-7H2,1H3,(H,14,15)/t12-/m0/s1. The van der Waals surface area contributed by atoms with E-state index in [9.17, 15) is 15.0 Å². The number of hydrogen-bond donors (Lipinski definition) is 2. The molecule has 0 aliphatic heterocycles. The highest BCUT2D eigenvalue weighted by molar-refractivity contribution is 5.84. The number of carboxylic acids is 1. The van der Waals surface area contributed by atoms with E-state index < -0.39 is 18.0 Å². The van der Waals surface area contributed by atoms with Gasteiger partial charge in [-0.3, -0.25) is 4.79 Å². The van der Waals surface area contributed by atoms with Gasteiger partial charge in [-0.2, -0.15) is 0 Å². The molecule has 0 saturated heterocycles. The minimum absolute atomic E-state index is 0.393. The lowest BCUT2D eigenvalue weighted by Crippen LogP contribution is -2.37. The van der Waals surface area contributed by atoms with Crippen molar-refractivity contribution < 1.29 is 19.7 Å². The molecule has 1 aliphatic rings. The summed E-state index contributed by atoms with van der Waals surface area (Å²) in [6.07, 6.45) is 1.09. The Hall–Kier alpha value is -1.55. The third-order valence-corrected chi connectivity index (χ3v) is 3.31. The first-order valence-electron chi connectivity index (χ1n) is 5.16. The SMILES string of the molecule is COc1cccc2c1[C@](CO)(C(=O)O)CC2. The van der Waals surface area contributed by atoms with E-state index in [1.54, 1.807) is 6.07 Å². The predicted molar refractivity (Wildman–Crippen MR) is 57.7 cm³/mol. The molecule has 0 radical (unpaired) electrons. The number of rotatable bonds is 3. The first-order valence-corrected chi connectivity index (χ1v) is 5.16. The van der Waals surface area contributed by atoms with Crippen LogP contribution in [0.2, 0.25) is 0 Å². The number of benzene rings is 1. The number of aliphatic hydroxyl groups is 1. The van der Waals surface area contributed by atoms with Gasteiger partial charge in [0, 0.05) is 5.56 Å². The van der Waals surface area contributed by atoms with Gasteiger partial charge in [0.05, 0.1) is 13.7 Å². The van der Waals surface area contributed by atoms with Crippen LogP contribution in [0.1, 0.15) is 17.5 Å². The molecule has 0 saturated carbocycles. The maximum absolute atomic E-state index is 11.4. The fraction of sp³-hybridized carbons (Fsp3) is 0.417. The van der Waals surface area contributed by atoms with E-state index in [2.05, 4.69) is 0 Å². The zero-order valence-corrected chi connectivity index (χ0v) is 9.06. The number of carbonyl (C=O) groups is 1. The molecule has 0 aromatic heterocycles. The van der Waals surface area contributed by atoms with Gasteiger partial charge in [0.2, 0.25) is 0 Å². The first-order chi connectivity index (χ1) is 7.65.